The van der Waals surface area contributed by atoms with Gasteiger partial charge in [-0.1, -0.05) is 40.6 Å². The predicted molar refractivity (Wildman–Crippen MR) is 110 cm³/mol. The van der Waals surface area contributed by atoms with Gasteiger partial charge in [-0.15, -0.1) is 0 Å². The molecule has 1 saturated heterocycles. The van der Waals surface area contributed by atoms with E-state index in [1.54, 1.807) is 13.0 Å². The first-order valence-corrected chi connectivity index (χ1v) is 10.1. The molecule has 1 N–H and O–H groups in total. The molecule has 30 heavy (non-hydrogen) atoms. The number of carbonyl (C=O) groups is 1. The van der Waals surface area contributed by atoms with Crippen molar-refractivity contribution < 1.29 is 13.8 Å². The summed E-state index contributed by atoms with van der Waals surface area (Å²) in [6.45, 7) is 7.44. The van der Waals surface area contributed by atoms with Crippen LogP contribution in [0.1, 0.15) is 36.0 Å². The number of hydrogen-bond acceptors (Lipinski definition) is 8. The zero-order valence-electron chi connectivity index (χ0n) is 17.2. The van der Waals surface area contributed by atoms with E-state index < -0.39 is 0 Å². The fourth-order valence-corrected chi connectivity index (χ4v) is 3.56. The van der Waals surface area contributed by atoms with Crippen LogP contribution in [0.2, 0.25) is 0 Å². The maximum Gasteiger partial charge on any atom is 0.243 e. The number of piperazine rings is 1. The summed E-state index contributed by atoms with van der Waals surface area (Å²) in [5.74, 6) is 2.36. The fraction of sp³-hybridized carbons (Fsp3) is 0.429. The fourth-order valence-electron chi connectivity index (χ4n) is 3.56. The number of anilines is 1. The Bertz CT molecular complexity index is 962. The standard InChI is InChI=1S/C21H26N6O3/c1-15-12-18(24-29-15)22-20(28)14-26-8-10-27(11-9-26)16(2)21-23-19(25-30-21)13-17-6-4-3-5-7-17/h3-7,12,16H,8-11,13-14H2,1-2H3,(H,22,24,28). The number of nitrogens with one attached hydrogen (secondary N) is 1. The molecule has 3 aromatic rings. The molecular weight excluding hydrogens is 384 g/mol. The molecular formula is C21H26N6O3. The number of amides is 1. The highest BCUT2D eigenvalue weighted by Crippen LogP contribution is 2.21. The third kappa shape index (κ3) is 5.11. The molecule has 1 unspecified atom stereocenters. The Labute approximate surface area is 175 Å². The molecule has 0 bridgehead atoms. The summed E-state index contributed by atoms with van der Waals surface area (Å²) in [5.41, 5.74) is 1.16. The number of rotatable bonds is 7. The summed E-state index contributed by atoms with van der Waals surface area (Å²) in [5, 5.41) is 10.7. The smallest absolute Gasteiger partial charge is 0.243 e. The van der Waals surface area contributed by atoms with Crippen LogP contribution in [0.15, 0.2) is 45.4 Å². The van der Waals surface area contributed by atoms with E-state index in [0.717, 1.165) is 31.7 Å². The number of carbonyl (C=O) groups excluding carboxylic acids is 1. The summed E-state index contributed by atoms with van der Waals surface area (Å²) in [7, 11) is 0. The zero-order valence-corrected chi connectivity index (χ0v) is 17.2. The summed E-state index contributed by atoms with van der Waals surface area (Å²) in [6, 6.07) is 11.9. The Morgan fingerprint density at radius 3 is 2.60 bits per heavy atom. The number of aromatic nitrogens is 3. The topological polar surface area (TPSA) is 101 Å². The zero-order chi connectivity index (χ0) is 20.9. The minimum atomic E-state index is -0.0905. The van der Waals surface area contributed by atoms with Crippen LogP contribution in [-0.4, -0.2) is 63.7 Å². The van der Waals surface area contributed by atoms with E-state index >= 15 is 0 Å². The van der Waals surface area contributed by atoms with Crippen LogP contribution in [0, 0.1) is 6.92 Å². The summed E-state index contributed by atoms with van der Waals surface area (Å²) in [4.78, 5) is 21.2. The van der Waals surface area contributed by atoms with Gasteiger partial charge in [0.25, 0.3) is 0 Å². The lowest BCUT2D eigenvalue weighted by Gasteiger charge is -2.36. The van der Waals surface area contributed by atoms with E-state index in [0.29, 0.717) is 36.3 Å². The second kappa shape index (κ2) is 9.19. The van der Waals surface area contributed by atoms with Gasteiger partial charge < -0.3 is 14.4 Å². The van der Waals surface area contributed by atoms with Crippen LogP contribution in [0.3, 0.4) is 0 Å². The van der Waals surface area contributed by atoms with E-state index in [9.17, 15) is 4.79 Å². The molecule has 1 fully saturated rings. The number of benzene rings is 1. The molecule has 0 aliphatic carbocycles. The molecule has 0 spiro atoms. The molecule has 1 aliphatic rings. The van der Waals surface area contributed by atoms with Crippen molar-refractivity contribution in [1.29, 1.82) is 0 Å². The highest BCUT2D eigenvalue weighted by atomic mass is 16.5. The number of nitrogens with zero attached hydrogens (tertiary/aromatic N) is 5. The summed E-state index contributed by atoms with van der Waals surface area (Å²) in [6.07, 6.45) is 0.658. The van der Waals surface area contributed by atoms with E-state index in [1.165, 1.54) is 0 Å². The highest BCUT2D eigenvalue weighted by Gasteiger charge is 2.26. The van der Waals surface area contributed by atoms with Gasteiger partial charge in [-0.3, -0.25) is 14.6 Å². The van der Waals surface area contributed by atoms with Gasteiger partial charge in [0.2, 0.25) is 11.8 Å². The minimum Gasteiger partial charge on any atom is -0.360 e. The van der Waals surface area contributed by atoms with E-state index in [2.05, 4.69) is 49.5 Å². The van der Waals surface area contributed by atoms with Gasteiger partial charge in [-0.2, -0.15) is 4.98 Å². The van der Waals surface area contributed by atoms with Crippen molar-refractivity contribution in [1.82, 2.24) is 25.1 Å². The van der Waals surface area contributed by atoms with Crippen LogP contribution in [0.25, 0.3) is 0 Å². The van der Waals surface area contributed by atoms with Crippen molar-refractivity contribution in [3.05, 3.63) is 59.4 Å². The molecule has 3 heterocycles. The van der Waals surface area contributed by atoms with Crippen LogP contribution < -0.4 is 5.32 Å². The maximum atomic E-state index is 12.2. The van der Waals surface area contributed by atoms with Crippen LogP contribution >= 0.6 is 0 Å². The van der Waals surface area contributed by atoms with E-state index in [-0.39, 0.29) is 11.9 Å². The maximum absolute atomic E-state index is 12.2. The number of hydrogen-bond donors (Lipinski definition) is 1. The molecule has 1 aliphatic heterocycles. The predicted octanol–water partition coefficient (Wildman–Crippen LogP) is 2.27. The second-order valence-electron chi connectivity index (χ2n) is 7.57. The first-order valence-electron chi connectivity index (χ1n) is 10.1. The first kappa shape index (κ1) is 20.2. The van der Waals surface area contributed by atoms with Gasteiger partial charge in [0.1, 0.15) is 5.76 Å². The average molecular weight is 410 g/mol. The lowest BCUT2D eigenvalue weighted by molar-refractivity contribution is -0.117. The molecule has 1 amide bonds. The van der Waals surface area contributed by atoms with Crippen LogP contribution in [-0.2, 0) is 11.2 Å². The largest absolute Gasteiger partial charge is 0.360 e. The Balaban J connectivity index is 1.25. The SMILES string of the molecule is Cc1cc(NC(=O)CN2CCN(C(C)c3nc(Cc4ccccc4)no3)CC2)no1. The average Bonchev–Trinajstić information content (AvgIpc) is 3.37. The Kier molecular flexibility index (Phi) is 6.20. The molecule has 0 radical (unpaired) electrons. The van der Waals surface area contributed by atoms with Gasteiger partial charge in [0.15, 0.2) is 11.6 Å². The van der Waals surface area contributed by atoms with Crippen molar-refractivity contribution in [2.75, 3.05) is 38.0 Å². The van der Waals surface area contributed by atoms with Gasteiger partial charge in [-0.25, -0.2) is 0 Å². The summed E-state index contributed by atoms with van der Waals surface area (Å²) >= 11 is 0. The van der Waals surface area contributed by atoms with Crippen molar-refractivity contribution in [2.24, 2.45) is 0 Å². The lowest BCUT2D eigenvalue weighted by Crippen LogP contribution is -2.49. The Hall–Kier alpha value is -3.04. The van der Waals surface area contributed by atoms with Gasteiger partial charge in [-0.05, 0) is 19.4 Å². The molecule has 9 nitrogen and oxygen atoms in total. The van der Waals surface area contributed by atoms with Crippen molar-refractivity contribution in [3.63, 3.8) is 0 Å². The highest BCUT2D eigenvalue weighted by molar-refractivity contribution is 5.91. The monoisotopic (exact) mass is 410 g/mol. The van der Waals surface area contributed by atoms with Crippen molar-refractivity contribution in [2.45, 2.75) is 26.3 Å². The third-order valence-corrected chi connectivity index (χ3v) is 5.26. The Morgan fingerprint density at radius 1 is 1.13 bits per heavy atom. The minimum absolute atomic E-state index is 0.0381. The van der Waals surface area contributed by atoms with Gasteiger partial charge in [0.05, 0.1) is 12.6 Å². The Morgan fingerprint density at radius 2 is 1.90 bits per heavy atom. The van der Waals surface area contributed by atoms with Crippen LogP contribution in [0.5, 0.6) is 0 Å². The van der Waals surface area contributed by atoms with E-state index in [4.69, 9.17) is 9.05 Å². The summed E-state index contributed by atoms with van der Waals surface area (Å²) < 4.78 is 10.5. The van der Waals surface area contributed by atoms with Gasteiger partial charge in [0, 0.05) is 38.7 Å². The first-order chi connectivity index (χ1) is 14.6. The quantitative estimate of drug-likeness (QED) is 0.633. The molecule has 1 atom stereocenters. The molecule has 1 aromatic carbocycles. The van der Waals surface area contributed by atoms with Crippen molar-refractivity contribution in [3.8, 4) is 0 Å². The van der Waals surface area contributed by atoms with Crippen LogP contribution in [0.4, 0.5) is 5.82 Å². The molecule has 0 saturated carbocycles. The van der Waals surface area contributed by atoms with E-state index in [1.807, 2.05) is 18.2 Å². The molecule has 4 rings (SSSR count). The normalized spacial score (nSPS) is 16.5. The lowest BCUT2D eigenvalue weighted by atomic mass is 10.1. The van der Waals surface area contributed by atoms with Gasteiger partial charge >= 0.3 is 0 Å². The third-order valence-electron chi connectivity index (χ3n) is 5.26. The van der Waals surface area contributed by atoms with Crippen molar-refractivity contribution >= 4 is 11.7 Å². The molecule has 2 aromatic heterocycles. The number of aryl methyl sites for hydroxylation is 1. The second-order valence-corrected chi connectivity index (χ2v) is 7.57. The molecule has 158 valence electrons. The molecule has 9 heteroatoms.